The summed E-state index contributed by atoms with van der Waals surface area (Å²) in [5.41, 5.74) is 0.730. The Kier molecular flexibility index (Phi) is 10.5. The van der Waals surface area contributed by atoms with Gasteiger partial charge in [-0.1, -0.05) is 13.0 Å². The molecule has 7 heteroatoms. The first-order valence-corrected chi connectivity index (χ1v) is 8.24. The number of carbonyl (C=O) groups is 1. The summed E-state index contributed by atoms with van der Waals surface area (Å²) < 4.78 is 10.9. The first-order chi connectivity index (χ1) is 11.3. The van der Waals surface area contributed by atoms with Crippen LogP contribution in [0.3, 0.4) is 0 Å². The first-order valence-electron chi connectivity index (χ1n) is 8.24. The van der Waals surface area contributed by atoms with Crippen molar-refractivity contribution >= 4 is 18.3 Å². The van der Waals surface area contributed by atoms with E-state index in [4.69, 9.17) is 9.47 Å². The van der Waals surface area contributed by atoms with Crippen LogP contribution in [0.1, 0.15) is 39.7 Å². The zero-order valence-electron chi connectivity index (χ0n) is 15.7. The topological polar surface area (TPSA) is 79.8 Å². The average molecular weight is 375 g/mol. The van der Waals surface area contributed by atoms with Gasteiger partial charge in [0.15, 0.2) is 18.1 Å². The Labute approximate surface area is 156 Å². The minimum atomic E-state index is -0.289. The van der Waals surface area contributed by atoms with Crippen molar-refractivity contribution in [3.05, 3.63) is 23.8 Å². The van der Waals surface area contributed by atoms with Gasteiger partial charge in [0.2, 0.25) is 0 Å². The Morgan fingerprint density at radius 2 is 1.96 bits per heavy atom. The molecule has 1 amide bonds. The largest absolute Gasteiger partial charge is 0.493 e. The zero-order valence-corrected chi connectivity index (χ0v) is 16.5. The van der Waals surface area contributed by atoms with Crippen molar-refractivity contribution in [1.82, 2.24) is 10.6 Å². The molecule has 0 aliphatic rings. The van der Waals surface area contributed by atoms with Crippen LogP contribution < -0.4 is 20.1 Å². The summed E-state index contributed by atoms with van der Waals surface area (Å²) in [7, 11) is 1.57. The molecule has 0 spiro atoms. The van der Waals surface area contributed by atoms with E-state index in [-0.39, 0.29) is 43.1 Å². The molecule has 1 atom stereocenters. The molecule has 6 nitrogen and oxygen atoms in total. The predicted molar refractivity (Wildman–Crippen MR) is 102 cm³/mol. The standard InChI is InChI=1S/C18H30N2O4.ClH/c1-6-14(11-21)19-10-13-7-8-15(16(9-13)23-5)24-12-17(22)20-18(2,3)4;/h7-9,14,19,21H,6,10-12H2,1-5H3,(H,20,22);1H. The van der Waals surface area contributed by atoms with Crippen LogP contribution >= 0.6 is 12.4 Å². The smallest absolute Gasteiger partial charge is 0.258 e. The van der Waals surface area contributed by atoms with Crippen molar-refractivity contribution < 1.29 is 19.4 Å². The quantitative estimate of drug-likeness (QED) is 0.618. The van der Waals surface area contributed by atoms with Crippen molar-refractivity contribution in [3.63, 3.8) is 0 Å². The van der Waals surface area contributed by atoms with Gasteiger partial charge in [-0.05, 0) is 44.9 Å². The number of nitrogens with one attached hydrogen (secondary N) is 2. The Hall–Kier alpha value is -1.50. The van der Waals surface area contributed by atoms with E-state index in [1.165, 1.54) is 0 Å². The number of amides is 1. The Bertz CT molecular complexity index is 528. The lowest BCUT2D eigenvalue weighted by atomic mass is 10.1. The maximum atomic E-state index is 11.8. The normalized spacial score (nSPS) is 12.1. The van der Waals surface area contributed by atoms with Gasteiger partial charge >= 0.3 is 0 Å². The van der Waals surface area contributed by atoms with Crippen LogP contribution in [0.4, 0.5) is 0 Å². The fourth-order valence-corrected chi connectivity index (χ4v) is 2.14. The van der Waals surface area contributed by atoms with E-state index in [1.54, 1.807) is 13.2 Å². The van der Waals surface area contributed by atoms with E-state index in [0.717, 1.165) is 12.0 Å². The van der Waals surface area contributed by atoms with Gasteiger partial charge in [-0.2, -0.15) is 0 Å². The molecule has 0 aliphatic heterocycles. The van der Waals surface area contributed by atoms with E-state index in [0.29, 0.717) is 18.0 Å². The molecule has 1 unspecified atom stereocenters. The number of methoxy groups -OCH3 is 1. The van der Waals surface area contributed by atoms with Crippen molar-refractivity contribution in [2.24, 2.45) is 0 Å². The number of carbonyl (C=O) groups excluding carboxylic acids is 1. The maximum Gasteiger partial charge on any atom is 0.258 e. The van der Waals surface area contributed by atoms with Gasteiger partial charge in [0.25, 0.3) is 5.91 Å². The van der Waals surface area contributed by atoms with Crippen LogP contribution in [0, 0.1) is 0 Å². The molecule has 144 valence electrons. The van der Waals surface area contributed by atoms with Gasteiger partial charge in [0, 0.05) is 18.1 Å². The van der Waals surface area contributed by atoms with E-state index >= 15 is 0 Å². The van der Waals surface area contributed by atoms with Gasteiger partial charge in [-0.3, -0.25) is 4.79 Å². The Morgan fingerprint density at radius 1 is 1.28 bits per heavy atom. The molecule has 0 bridgehead atoms. The summed E-state index contributed by atoms with van der Waals surface area (Å²) in [5.74, 6) is 0.929. The van der Waals surface area contributed by atoms with Crippen LogP contribution in [0.2, 0.25) is 0 Å². The molecule has 1 rings (SSSR count). The summed E-state index contributed by atoms with van der Waals surface area (Å²) in [6.07, 6.45) is 0.859. The highest BCUT2D eigenvalue weighted by Crippen LogP contribution is 2.28. The first kappa shape index (κ1) is 23.5. The zero-order chi connectivity index (χ0) is 18.2. The summed E-state index contributed by atoms with van der Waals surface area (Å²) >= 11 is 0. The van der Waals surface area contributed by atoms with Crippen molar-refractivity contribution in [2.45, 2.75) is 52.2 Å². The van der Waals surface area contributed by atoms with Crippen molar-refractivity contribution in [2.75, 3.05) is 20.3 Å². The lowest BCUT2D eigenvalue weighted by Crippen LogP contribution is -2.43. The lowest BCUT2D eigenvalue weighted by Gasteiger charge is -2.21. The van der Waals surface area contributed by atoms with Crippen molar-refractivity contribution in [1.29, 1.82) is 0 Å². The minimum Gasteiger partial charge on any atom is -0.493 e. The highest BCUT2D eigenvalue weighted by Gasteiger charge is 2.15. The molecule has 0 heterocycles. The molecule has 1 aromatic carbocycles. The molecule has 0 fully saturated rings. The third kappa shape index (κ3) is 8.95. The van der Waals surface area contributed by atoms with E-state index in [2.05, 4.69) is 10.6 Å². The molecule has 1 aromatic rings. The molecule has 0 radical (unpaired) electrons. The second-order valence-corrected chi connectivity index (χ2v) is 6.74. The number of aliphatic hydroxyl groups is 1. The van der Waals surface area contributed by atoms with E-state index in [9.17, 15) is 9.90 Å². The second kappa shape index (κ2) is 11.2. The second-order valence-electron chi connectivity index (χ2n) is 6.74. The number of aliphatic hydroxyl groups excluding tert-OH is 1. The number of ether oxygens (including phenoxy) is 2. The summed E-state index contributed by atoms with van der Waals surface area (Å²) in [5, 5.41) is 15.3. The monoisotopic (exact) mass is 374 g/mol. The molecule has 3 N–H and O–H groups in total. The number of hydrogen-bond donors (Lipinski definition) is 3. The van der Waals surface area contributed by atoms with Crippen LogP contribution in [0.25, 0.3) is 0 Å². The van der Waals surface area contributed by atoms with Crippen LogP contribution in [-0.2, 0) is 11.3 Å². The number of rotatable bonds is 9. The SMILES string of the molecule is CCC(CO)NCc1ccc(OCC(=O)NC(C)(C)C)c(OC)c1.Cl. The fourth-order valence-electron chi connectivity index (χ4n) is 2.14. The van der Waals surface area contributed by atoms with Gasteiger partial charge in [-0.15, -0.1) is 12.4 Å². The summed E-state index contributed by atoms with van der Waals surface area (Å²) in [4.78, 5) is 11.8. The lowest BCUT2D eigenvalue weighted by molar-refractivity contribution is -0.124. The predicted octanol–water partition coefficient (Wildman–Crippen LogP) is 2.27. The van der Waals surface area contributed by atoms with Crippen molar-refractivity contribution in [3.8, 4) is 11.5 Å². The highest BCUT2D eigenvalue weighted by atomic mass is 35.5. The maximum absolute atomic E-state index is 11.8. The number of halogens is 1. The van der Waals surface area contributed by atoms with Crippen LogP contribution in [0.15, 0.2) is 18.2 Å². The summed E-state index contributed by atoms with van der Waals surface area (Å²) in [6, 6.07) is 5.65. The average Bonchev–Trinajstić information content (AvgIpc) is 2.52. The molecular weight excluding hydrogens is 344 g/mol. The molecule has 0 aromatic heterocycles. The minimum absolute atomic E-state index is 0. The number of benzene rings is 1. The van der Waals surface area contributed by atoms with E-state index in [1.807, 2.05) is 39.8 Å². The van der Waals surface area contributed by atoms with Gasteiger partial charge in [0.1, 0.15) is 0 Å². The Morgan fingerprint density at radius 3 is 2.48 bits per heavy atom. The fraction of sp³-hybridized carbons (Fsp3) is 0.611. The van der Waals surface area contributed by atoms with E-state index < -0.39 is 0 Å². The van der Waals surface area contributed by atoms with Crippen LogP contribution in [0.5, 0.6) is 11.5 Å². The molecule has 0 saturated carbocycles. The van der Waals surface area contributed by atoms with Crippen LogP contribution in [-0.4, -0.2) is 42.9 Å². The van der Waals surface area contributed by atoms with Gasteiger partial charge in [0.05, 0.1) is 13.7 Å². The highest BCUT2D eigenvalue weighted by molar-refractivity contribution is 5.85. The third-order valence-electron chi connectivity index (χ3n) is 3.41. The summed E-state index contributed by atoms with van der Waals surface area (Å²) in [6.45, 7) is 8.45. The molecule has 0 saturated heterocycles. The Balaban J connectivity index is 0.00000576. The molecule has 25 heavy (non-hydrogen) atoms. The molecule has 0 aliphatic carbocycles. The van der Waals surface area contributed by atoms with Gasteiger partial charge < -0.3 is 25.2 Å². The third-order valence-corrected chi connectivity index (χ3v) is 3.41. The van der Waals surface area contributed by atoms with Gasteiger partial charge in [-0.25, -0.2) is 0 Å². The number of hydrogen-bond acceptors (Lipinski definition) is 5. The molecular formula is C18H31ClN2O4.